The molecule has 0 saturated heterocycles. The highest BCUT2D eigenvalue weighted by molar-refractivity contribution is 5.74. The fraction of sp³-hybridized carbons (Fsp3) is 0.615. The number of imidazole rings is 1. The Morgan fingerprint density at radius 3 is 2.75 bits per heavy atom. The van der Waals surface area contributed by atoms with Gasteiger partial charge in [-0.15, -0.1) is 0 Å². The topological polar surface area (TPSA) is 107 Å². The van der Waals surface area contributed by atoms with Crippen LogP contribution < -0.4 is 10.6 Å². The average Bonchev–Trinajstić information content (AvgIpc) is 2.89. The second kappa shape index (κ2) is 8.19. The zero-order valence-electron chi connectivity index (χ0n) is 11.8. The van der Waals surface area contributed by atoms with E-state index in [4.69, 9.17) is 5.11 Å². The van der Waals surface area contributed by atoms with Crippen LogP contribution in [0.3, 0.4) is 0 Å². The molecule has 0 saturated carbocycles. The van der Waals surface area contributed by atoms with Gasteiger partial charge in [0, 0.05) is 18.4 Å². The van der Waals surface area contributed by atoms with Gasteiger partial charge >= 0.3 is 12.0 Å². The molecule has 20 heavy (non-hydrogen) atoms. The maximum atomic E-state index is 11.6. The molecule has 0 fully saturated rings. The number of aromatic nitrogens is 2. The zero-order chi connectivity index (χ0) is 15.0. The van der Waals surface area contributed by atoms with E-state index in [0.717, 1.165) is 12.8 Å². The van der Waals surface area contributed by atoms with Crippen LogP contribution in [-0.4, -0.2) is 33.1 Å². The summed E-state index contributed by atoms with van der Waals surface area (Å²) in [6.45, 7) is 3.94. The predicted octanol–water partition coefficient (Wildman–Crippen LogP) is 1.49. The summed E-state index contributed by atoms with van der Waals surface area (Å²) in [5, 5.41) is 14.3. The van der Waals surface area contributed by atoms with Crippen LogP contribution in [0.15, 0.2) is 12.4 Å². The summed E-state index contributed by atoms with van der Waals surface area (Å²) >= 11 is 0. The third kappa shape index (κ3) is 6.21. The average molecular weight is 282 g/mol. The van der Waals surface area contributed by atoms with Crippen molar-refractivity contribution in [3.63, 3.8) is 0 Å². The summed E-state index contributed by atoms with van der Waals surface area (Å²) in [6, 6.07) is -0.243. The van der Waals surface area contributed by atoms with Crippen LogP contribution in [0.4, 0.5) is 4.79 Å². The molecule has 0 bridgehead atoms. The van der Waals surface area contributed by atoms with Gasteiger partial charge in [0.25, 0.3) is 0 Å². The number of H-pyrrole nitrogens is 1. The largest absolute Gasteiger partial charge is 0.481 e. The van der Waals surface area contributed by atoms with Gasteiger partial charge in [-0.1, -0.05) is 13.3 Å². The van der Waals surface area contributed by atoms with Crippen molar-refractivity contribution in [3.8, 4) is 0 Å². The van der Waals surface area contributed by atoms with Crippen molar-refractivity contribution in [2.75, 3.05) is 0 Å². The van der Waals surface area contributed by atoms with Crippen molar-refractivity contribution in [2.45, 2.75) is 45.7 Å². The van der Waals surface area contributed by atoms with Gasteiger partial charge in [-0.2, -0.15) is 0 Å². The minimum Gasteiger partial charge on any atom is -0.481 e. The SMILES string of the molecule is CC(CCCC(C)C(=O)O)NC(=O)NCc1ncc[nH]1. The minimum atomic E-state index is -0.776. The Kier molecular flexibility index (Phi) is 6.55. The van der Waals surface area contributed by atoms with Gasteiger partial charge in [0.1, 0.15) is 5.82 Å². The first-order valence-corrected chi connectivity index (χ1v) is 6.74. The Labute approximate surface area is 118 Å². The molecular formula is C13H22N4O3. The molecule has 1 rings (SSSR count). The number of carbonyl (C=O) groups excluding carboxylic acids is 1. The van der Waals surface area contributed by atoms with Crippen molar-refractivity contribution in [1.82, 2.24) is 20.6 Å². The van der Waals surface area contributed by atoms with E-state index in [-0.39, 0.29) is 18.0 Å². The molecule has 1 aromatic heterocycles. The number of aromatic amines is 1. The number of aliphatic carboxylic acids is 1. The number of urea groups is 1. The highest BCUT2D eigenvalue weighted by atomic mass is 16.4. The molecule has 0 aliphatic rings. The highest BCUT2D eigenvalue weighted by Gasteiger charge is 2.12. The molecule has 2 unspecified atom stereocenters. The summed E-state index contributed by atoms with van der Waals surface area (Å²) in [7, 11) is 0. The van der Waals surface area contributed by atoms with E-state index in [1.807, 2.05) is 6.92 Å². The summed E-state index contributed by atoms with van der Waals surface area (Å²) in [5.41, 5.74) is 0. The molecule has 0 radical (unpaired) electrons. The van der Waals surface area contributed by atoms with E-state index < -0.39 is 5.97 Å². The first-order valence-electron chi connectivity index (χ1n) is 6.74. The third-order valence-electron chi connectivity index (χ3n) is 3.04. The van der Waals surface area contributed by atoms with Crippen molar-refractivity contribution in [2.24, 2.45) is 5.92 Å². The predicted molar refractivity (Wildman–Crippen MR) is 74.1 cm³/mol. The second-order valence-electron chi connectivity index (χ2n) is 4.93. The number of carbonyl (C=O) groups is 2. The number of carboxylic acids is 1. The smallest absolute Gasteiger partial charge is 0.315 e. The van der Waals surface area contributed by atoms with Crippen LogP contribution in [0.1, 0.15) is 38.9 Å². The van der Waals surface area contributed by atoms with Gasteiger partial charge < -0.3 is 20.7 Å². The number of hydrogen-bond donors (Lipinski definition) is 4. The van der Waals surface area contributed by atoms with Crippen molar-refractivity contribution in [3.05, 3.63) is 18.2 Å². The monoisotopic (exact) mass is 282 g/mol. The number of nitrogens with one attached hydrogen (secondary N) is 3. The van der Waals surface area contributed by atoms with Crippen LogP contribution in [0.5, 0.6) is 0 Å². The maximum Gasteiger partial charge on any atom is 0.315 e. The lowest BCUT2D eigenvalue weighted by atomic mass is 10.0. The molecule has 0 aliphatic carbocycles. The van der Waals surface area contributed by atoms with Crippen LogP contribution in [0.2, 0.25) is 0 Å². The van der Waals surface area contributed by atoms with Crippen molar-refractivity contribution >= 4 is 12.0 Å². The Balaban J connectivity index is 2.13. The van der Waals surface area contributed by atoms with E-state index in [2.05, 4.69) is 20.6 Å². The Bertz CT molecular complexity index is 419. The summed E-state index contributed by atoms with van der Waals surface area (Å²) in [4.78, 5) is 29.2. The lowest BCUT2D eigenvalue weighted by Gasteiger charge is -2.15. The highest BCUT2D eigenvalue weighted by Crippen LogP contribution is 2.09. The molecule has 4 N–H and O–H groups in total. The molecule has 1 heterocycles. The van der Waals surface area contributed by atoms with E-state index in [1.54, 1.807) is 19.3 Å². The summed E-state index contributed by atoms with van der Waals surface area (Å²) in [5.74, 6) is -0.417. The molecule has 1 aromatic rings. The normalized spacial score (nSPS) is 13.5. The summed E-state index contributed by atoms with van der Waals surface area (Å²) in [6.07, 6.45) is 5.47. The van der Waals surface area contributed by atoms with E-state index in [9.17, 15) is 9.59 Å². The van der Waals surface area contributed by atoms with Gasteiger partial charge in [0.2, 0.25) is 0 Å². The zero-order valence-corrected chi connectivity index (χ0v) is 11.8. The van der Waals surface area contributed by atoms with Crippen LogP contribution in [0.25, 0.3) is 0 Å². The lowest BCUT2D eigenvalue weighted by Crippen LogP contribution is -2.40. The number of rotatable bonds is 8. The first-order chi connectivity index (χ1) is 9.49. The van der Waals surface area contributed by atoms with E-state index >= 15 is 0 Å². The molecule has 0 spiro atoms. The van der Waals surface area contributed by atoms with Gasteiger partial charge in [0.05, 0.1) is 12.5 Å². The number of amides is 2. The fourth-order valence-corrected chi connectivity index (χ4v) is 1.76. The van der Waals surface area contributed by atoms with Crippen LogP contribution in [-0.2, 0) is 11.3 Å². The van der Waals surface area contributed by atoms with Gasteiger partial charge in [0.15, 0.2) is 0 Å². The van der Waals surface area contributed by atoms with E-state index in [0.29, 0.717) is 18.8 Å². The van der Waals surface area contributed by atoms with Gasteiger partial charge in [-0.25, -0.2) is 9.78 Å². The maximum absolute atomic E-state index is 11.6. The second-order valence-corrected chi connectivity index (χ2v) is 4.93. The molecular weight excluding hydrogens is 260 g/mol. The summed E-state index contributed by atoms with van der Waals surface area (Å²) < 4.78 is 0. The van der Waals surface area contributed by atoms with Gasteiger partial charge in [-0.3, -0.25) is 4.79 Å². The Morgan fingerprint density at radius 1 is 1.40 bits per heavy atom. The number of carboxylic acid groups (broad SMARTS) is 1. The standard InChI is InChI=1S/C13H22N4O3/c1-9(12(18)19)4-3-5-10(2)17-13(20)16-8-11-14-6-7-15-11/h6-7,9-10H,3-5,8H2,1-2H3,(H,14,15)(H,18,19)(H2,16,17,20). The lowest BCUT2D eigenvalue weighted by molar-refractivity contribution is -0.141. The molecule has 0 aromatic carbocycles. The van der Waals surface area contributed by atoms with E-state index in [1.165, 1.54) is 0 Å². The quantitative estimate of drug-likeness (QED) is 0.579. The van der Waals surface area contributed by atoms with Crippen LogP contribution >= 0.6 is 0 Å². The van der Waals surface area contributed by atoms with Gasteiger partial charge in [-0.05, 0) is 19.8 Å². The molecule has 7 heteroatoms. The first kappa shape index (κ1) is 16.0. The Morgan fingerprint density at radius 2 is 2.15 bits per heavy atom. The van der Waals surface area contributed by atoms with Crippen LogP contribution in [0, 0.1) is 5.92 Å². The fourth-order valence-electron chi connectivity index (χ4n) is 1.76. The number of hydrogen-bond acceptors (Lipinski definition) is 3. The molecule has 2 amide bonds. The molecule has 2 atom stereocenters. The molecule has 112 valence electrons. The van der Waals surface area contributed by atoms with Crippen molar-refractivity contribution in [1.29, 1.82) is 0 Å². The number of nitrogens with zero attached hydrogens (tertiary/aromatic N) is 1. The molecule has 7 nitrogen and oxygen atoms in total. The third-order valence-corrected chi connectivity index (χ3v) is 3.04. The van der Waals surface area contributed by atoms with Crippen molar-refractivity contribution < 1.29 is 14.7 Å². The molecule has 0 aliphatic heterocycles. The minimum absolute atomic E-state index is 0.00703. The Hall–Kier alpha value is -2.05.